The molecule has 0 aliphatic heterocycles. The van der Waals surface area contributed by atoms with Crippen LogP contribution >= 0.6 is 0 Å². The predicted octanol–water partition coefficient (Wildman–Crippen LogP) is -0.903. The normalized spacial score (nSPS) is 10.8. The fourth-order valence-corrected chi connectivity index (χ4v) is 1.72. The van der Waals surface area contributed by atoms with E-state index in [9.17, 15) is 9.59 Å². The lowest BCUT2D eigenvalue weighted by Gasteiger charge is -2.07. The molecular weight excluding hydrogens is 234 g/mol. The molecule has 0 spiro atoms. The molecule has 0 radical (unpaired) electrons. The van der Waals surface area contributed by atoms with Crippen molar-refractivity contribution in [3.63, 3.8) is 0 Å². The molecule has 7 heteroatoms. The second kappa shape index (κ2) is 5.01. The number of nitrogens with zero attached hydrogens (tertiary/aromatic N) is 3. The molecule has 2 heterocycles. The van der Waals surface area contributed by atoms with Gasteiger partial charge in [-0.2, -0.15) is 0 Å². The summed E-state index contributed by atoms with van der Waals surface area (Å²) in [6, 6.07) is 0. The second-order valence-corrected chi connectivity index (χ2v) is 4.09. The molecule has 0 bridgehead atoms. The molecule has 0 amide bonds. The first kappa shape index (κ1) is 12.3. The quantitative estimate of drug-likeness (QED) is 0.735. The molecule has 0 unspecified atom stereocenters. The van der Waals surface area contributed by atoms with Crippen molar-refractivity contribution in [3.8, 4) is 0 Å². The molecule has 0 saturated carbocycles. The third-order valence-electron chi connectivity index (χ3n) is 2.70. The Morgan fingerprint density at radius 3 is 2.78 bits per heavy atom. The summed E-state index contributed by atoms with van der Waals surface area (Å²) in [6.45, 7) is 0.992. The lowest BCUT2D eigenvalue weighted by molar-refractivity contribution is 0.627. The summed E-state index contributed by atoms with van der Waals surface area (Å²) < 4.78 is 2.50. The zero-order valence-corrected chi connectivity index (χ0v) is 10.3. The van der Waals surface area contributed by atoms with Crippen molar-refractivity contribution >= 4 is 0 Å². The molecule has 0 saturated heterocycles. The average Bonchev–Trinajstić information content (AvgIpc) is 2.86. The van der Waals surface area contributed by atoms with E-state index in [2.05, 4.69) is 15.3 Å². The molecule has 7 nitrogen and oxygen atoms in total. The molecule has 18 heavy (non-hydrogen) atoms. The van der Waals surface area contributed by atoms with E-state index in [0.717, 1.165) is 10.3 Å². The molecule has 0 aliphatic carbocycles. The van der Waals surface area contributed by atoms with Crippen LogP contribution in [0.15, 0.2) is 28.3 Å². The number of H-pyrrole nitrogens is 1. The van der Waals surface area contributed by atoms with Gasteiger partial charge in [-0.05, 0) is 0 Å². The topological polar surface area (TPSA) is 84.7 Å². The number of imidazole rings is 1. The molecule has 0 atom stereocenters. The summed E-state index contributed by atoms with van der Waals surface area (Å²) in [6.07, 6.45) is 4.87. The molecule has 96 valence electrons. The number of aromatic nitrogens is 4. The van der Waals surface area contributed by atoms with Gasteiger partial charge < -0.3 is 14.9 Å². The van der Waals surface area contributed by atoms with Crippen molar-refractivity contribution in [3.05, 3.63) is 50.8 Å². The second-order valence-electron chi connectivity index (χ2n) is 4.09. The van der Waals surface area contributed by atoms with Gasteiger partial charge in [0, 0.05) is 50.8 Å². The number of aryl methyl sites for hydroxylation is 1. The highest BCUT2D eigenvalue weighted by atomic mass is 16.2. The van der Waals surface area contributed by atoms with E-state index in [1.807, 2.05) is 0 Å². The molecule has 0 aromatic carbocycles. The van der Waals surface area contributed by atoms with Crippen LogP contribution in [0, 0.1) is 0 Å². The fourth-order valence-electron chi connectivity index (χ4n) is 1.72. The minimum absolute atomic E-state index is 0.268. The maximum atomic E-state index is 11.8. The van der Waals surface area contributed by atoms with Crippen molar-refractivity contribution in [2.75, 3.05) is 0 Å². The van der Waals surface area contributed by atoms with Crippen LogP contribution < -0.4 is 16.6 Å². The van der Waals surface area contributed by atoms with Crippen LogP contribution in [-0.4, -0.2) is 19.1 Å². The first-order valence-electron chi connectivity index (χ1n) is 5.53. The molecule has 2 aromatic rings. The van der Waals surface area contributed by atoms with Gasteiger partial charge in [-0.15, -0.1) is 0 Å². The van der Waals surface area contributed by atoms with Gasteiger partial charge in [-0.25, -0.2) is 9.78 Å². The maximum Gasteiger partial charge on any atom is 0.330 e. The van der Waals surface area contributed by atoms with E-state index in [1.165, 1.54) is 11.6 Å². The third-order valence-corrected chi connectivity index (χ3v) is 2.70. The van der Waals surface area contributed by atoms with E-state index >= 15 is 0 Å². The number of nitrogens with one attached hydrogen (secondary N) is 2. The van der Waals surface area contributed by atoms with Crippen molar-refractivity contribution in [2.24, 2.45) is 14.1 Å². The maximum absolute atomic E-state index is 11.8. The van der Waals surface area contributed by atoms with Gasteiger partial charge in [0.2, 0.25) is 0 Å². The average molecular weight is 249 g/mol. The Hall–Kier alpha value is -2.15. The number of hydrogen-bond donors (Lipinski definition) is 2. The van der Waals surface area contributed by atoms with E-state index in [-0.39, 0.29) is 11.2 Å². The summed E-state index contributed by atoms with van der Waals surface area (Å²) in [5.41, 5.74) is 0.906. The van der Waals surface area contributed by atoms with Gasteiger partial charge in [0.15, 0.2) is 0 Å². The minimum Gasteiger partial charge on any atom is -0.347 e. The highest BCUT2D eigenvalue weighted by molar-refractivity contribution is 5.05. The molecule has 0 fully saturated rings. The van der Waals surface area contributed by atoms with E-state index in [4.69, 9.17) is 0 Å². The van der Waals surface area contributed by atoms with Crippen LogP contribution in [0.3, 0.4) is 0 Å². The summed E-state index contributed by atoms with van der Waals surface area (Å²) in [5.74, 6) is 0. The summed E-state index contributed by atoms with van der Waals surface area (Å²) >= 11 is 0. The van der Waals surface area contributed by atoms with Gasteiger partial charge in [0.05, 0.1) is 6.33 Å². The standard InChI is InChI=1S/C11H15N5O2/c1-15-6-8(10(17)16(2)11(15)18)3-12-4-9-5-13-7-14-9/h5-7,12H,3-4H2,1-2H3,(H,13,14). The van der Waals surface area contributed by atoms with Crippen molar-refractivity contribution in [2.45, 2.75) is 13.1 Å². The monoisotopic (exact) mass is 249 g/mol. The summed E-state index contributed by atoms with van der Waals surface area (Å²) in [7, 11) is 3.10. The van der Waals surface area contributed by atoms with Crippen LogP contribution in [0.4, 0.5) is 0 Å². The SMILES string of the molecule is Cn1cc(CNCc2cnc[nH]2)c(=O)n(C)c1=O. The highest BCUT2D eigenvalue weighted by Gasteiger charge is 2.06. The summed E-state index contributed by atoms with van der Waals surface area (Å²) in [5, 5.41) is 3.12. The first-order valence-corrected chi connectivity index (χ1v) is 5.53. The zero-order chi connectivity index (χ0) is 13.1. The van der Waals surface area contributed by atoms with Gasteiger partial charge in [0.25, 0.3) is 5.56 Å². The fraction of sp³-hybridized carbons (Fsp3) is 0.364. The lowest BCUT2D eigenvalue weighted by atomic mass is 10.3. The van der Waals surface area contributed by atoms with Crippen LogP contribution in [0.2, 0.25) is 0 Å². The van der Waals surface area contributed by atoms with Gasteiger partial charge >= 0.3 is 5.69 Å². The predicted molar refractivity (Wildman–Crippen MR) is 66.1 cm³/mol. The largest absolute Gasteiger partial charge is 0.347 e. The van der Waals surface area contributed by atoms with Crippen molar-refractivity contribution in [1.82, 2.24) is 24.4 Å². The Morgan fingerprint density at radius 1 is 1.33 bits per heavy atom. The number of aromatic amines is 1. The van der Waals surface area contributed by atoms with Crippen molar-refractivity contribution < 1.29 is 0 Å². The Labute approximate surface area is 103 Å². The number of rotatable bonds is 4. The van der Waals surface area contributed by atoms with E-state index < -0.39 is 0 Å². The number of hydrogen-bond acceptors (Lipinski definition) is 4. The Morgan fingerprint density at radius 2 is 2.11 bits per heavy atom. The van der Waals surface area contributed by atoms with Gasteiger partial charge in [-0.1, -0.05) is 0 Å². The van der Waals surface area contributed by atoms with Crippen LogP contribution in [0.5, 0.6) is 0 Å². The van der Waals surface area contributed by atoms with Gasteiger partial charge in [-0.3, -0.25) is 9.36 Å². The van der Waals surface area contributed by atoms with Crippen LogP contribution in [-0.2, 0) is 27.2 Å². The lowest BCUT2D eigenvalue weighted by Crippen LogP contribution is -2.39. The molecule has 0 aliphatic rings. The minimum atomic E-state index is -0.322. The molecule has 2 aromatic heterocycles. The van der Waals surface area contributed by atoms with Gasteiger partial charge in [0.1, 0.15) is 0 Å². The molecular formula is C11H15N5O2. The Kier molecular flexibility index (Phi) is 3.42. The first-order chi connectivity index (χ1) is 8.59. The van der Waals surface area contributed by atoms with E-state index in [1.54, 1.807) is 25.8 Å². The van der Waals surface area contributed by atoms with Crippen LogP contribution in [0.1, 0.15) is 11.3 Å². The van der Waals surface area contributed by atoms with E-state index in [0.29, 0.717) is 18.7 Å². The summed E-state index contributed by atoms with van der Waals surface area (Å²) in [4.78, 5) is 30.2. The molecule has 2 rings (SSSR count). The Balaban J connectivity index is 2.10. The third kappa shape index (κ3) is 2.40. The van der Waals surface area contributed by atoms with Crippen LogP contribution in [0.25, 0.3) is 0 Å². The highest BCUT2D eigenvalue weighted by Crippen LogP contribution is 1.92. The molecule has 2 N–H and O–H groups in total. The Bertz CT molecular complexity index is 638. The van der Waals surface area contributed by atoms with Crippen molar-refractivity contribution in [1.29, 1.82) is 0 Å². The smallest absolute Gasteiger partial charge is 0.330 e. The zero-order valence-electron chi connectivity index (χ0n) is 10.3.